The molecule has 0 saturated heterocycles. The Bertz CT molecular complexity index is 1110. The smallest absolute Gasteiger partial charge is 0.335 e. The zero-order valence-corrected chi connectivity index (χ0v) is 21.3. The van der Waals surface area contributed by atoms with Gasteiger partial charge in [0, 0.05) is 30.6 Å². The predicted molar refractivity (Wildman–Crippen MR) is 139 cm³/mol. The van der Waals surface area contributed by atoms with E-state index in [1.807, 2.05) is 31.2 Å². The molecule has 0 aromatic heterocycles. The van der Waals surface area contributed by atoms with Crippen LogP contribution in [0.15, 0.2) is 72.8 Å². The van der Waals surface area contributed by atoms with Crippen molar-refractivity contribution in [2.24, 2.45) is 0 Å². The van der Waals surface area contributed by atoms with Gasteiger partial charge in [0.1, 0.15) is 11.5 Å². The lowest BCUT2D eigenvalue weighted by Crippen LogP contribution is -2.29. The summed E-state index contributed by atoms with van der Waals surface area (Å²) in [7, 11) is 0. The van der Waals surface area contributed by atoms with Crippen LogP contribution < -0.4 is 9.47 Å². The number of carbonyl (C=O) groups excluding carboxylic acids is 2. The largest absolute Gasteiger partial charge is 0.493 e. The SMILES string of the molecule is CCOC(=O)C(Cc1ccc(OCCCOc2ccc(C(=O)c3ccccc3)cc2)c(Cl)c1)OCC. The molecule has 1 atom stereocenters. The monoisotopic (exact) mass is 510 g/mol. The number of carbonyl (C=O) groups is 2. The Balaban J connectivity index is 1.43. The van der Waals surface area contributed by atoms with Crippen LogP contribution >= 0.6 is 11.6 Å². The van der Waals surface area contributed by atoms with Gasteiger partial charge in [-0.3, -0.25) is 4.79 Å². The van der Waals surface area contributed by atoms with E-state index in [4.69, 9.17) is 30.5 Å². The standard InChI is InChI=1S/C29H31ClO6/c1-3-33-27(29(32)34-4-2)20-21-11-16-26(25(30)19-21)36-18-8-17-35-24-14-12-23(13-15-24)28(31)22-9-6-5-7-10-22/h5-7,9-16,19,27H,3-4,8,17-18,20H2,1-2H3. The Labute approximate surface area is 217 Å². The van der Waals surface area contributed by atoms with Crippen LogP contribution in [0.2, 0.25) is 5.02 Å². The molecule has 0 amide bonds. The number of hydrogen-bond donors (Lipinski definition) is 0. The highest BCUT2D eigenvalue weighted by Crippen LogP contribution is 2.26. The Morgan fingerprint density at radius 3 is 2.19 bits per heavy atom. The van der Waals surface area contributed by atoms with Crippen molar-refractivity contribution in [2.75, 3.05) is 26.4 Å². The first-order valence-electron chi connectivity index (χ1n) is 12.0. The summed E-state index contributed by atoms with van der Waals surface area (Å²) < 4.78 is 22.1. The van der Waals surface area contributed by atoms with Crippen molar-refractivity contribution in [2.45, 2.75) is 32.8 Å². The van der Waals surface area contributed by atoms with Gasteiger partial charge in [0.2, 0.25) is 0 Å². The molecule has 0 saturated carbocycles. The minimum atomic E-state index is -0.666. The van der Waals surface area contributed by atoms with Crippen LogP contribution in [0.25, 0.3) is 0 Å². The summed E-state index contributed by atoms with van der Waals surface area (Å²) in [6, 6.07) is 21.7. The maximum Gasteiger partial charge on any atom is 0.335 e. The third-order valence-electron chi connectivity index (χ3n) is 5.30. The zero-order chi connectivity index (χ0) is 25.8. The predicted octanol–water partition coefficient (Wildman–Crippen LogP) is 5.93. The van der Waals surface area contributed by atoms with E-state index in [0.717, 1.165) is 5.56 Å². The molecule has 36 heavy (non-hydrogen) atoms. The zero-order valence-electron chi connectivity index (χ0n) is 20.6. The molecule has 3 aromatic carbocycles. The normalized spacial score (nSPS) is 11.5. The summed E-state index contributed by atoms with van der Waals surface area (Å²) in [5.74, 6) is 0.849. The fraction of sp³-hybridized carbons (Fsp3) is 0.310. The molecule has 0 bridgehead atoms. The van der Waals surface area contributed by atoms with E-state index in [1.54, 1.807) is 55.5 Å². The average molecular weight is 511 g/mol. The van der Waals surface area contributed by atoms with Crippen LogP contribution in [0.5, 0.6) is 11.5 Å². The molecule has 6 nitrogen and oxygen atoms in total. The van der Waals surface area contributed by atoms with Crippen molar-refractivity contribution in [3.8, 4) is 11.5 Å². The van der Waals surface area contributed by atoms with Crippen molar-refractivity contribution in [3.05, 3.63) is 94.5 Å². The first-order chi connectivity index (χ1) is 17.5. The number of hydrogen-bond acceptors (Lipinski definition) is 6. The lowest BCUT2D eigenvalue weighted by atomic mass is 10.0. The summed E-state index contributed by atoms with van der Waals surface area (Å²) in [5, 5.41) is 0.464. The van der Waals surface area contributed by atoms with Gasteiger partial charge < -0.3 is 18.9 Å². The molecule has 0 fully saturated rings. The van der Waals surface area contributed by atoms with Crippen LogP contribution in [0.4, 0.5) is 0 Å². The Hall–Kier alpha value is -3.35. The molecule has 190 valence electrons. The molecule has 0 aliphatic carbocycles. The molecule has 0 aliphatic rings. The van der Waals surface area contributed by atoms with E-state index < -0.39 is 6.10 Å². The second-order valence-corrected chi connectivity index (χ2v) is 8.34. The van der Waals surface area contributed by atoms with Crippen LogP contribution in [0, 0.1) is 0 Å². The summed E-state index contributed by atoms with van der Waals surface area (Å²) in [6.45, 7) is 5.20. The quantitative estimate of drug-likeness (QED) is 0.152. The molecule has 7 heteroatoms. The molecule has 0 N–H and O–H groups in total. The van der Waals surface area contributed by atoms with Crippen LogP contribution in [0.3, 0.4) is 0 Å². The molecule has 0 heterocycles. The number of ether oxygens (including phenoxy) is 4. The fourth-order valence-corrected chi connectivity index (χ4v) is 3.80. The van der Waals surface area contributed by atoms with Crippen LogP contribution in [0.1, 0.15) is 41.8 Å². The Morgan fingerprint density at radius 2 is 1.53 bits per heavy atom. The molecular formula is C29H31ClO6. The third kappa shape index (κ3) is 8.11. The summed E-state index contributed by atoms with van der Waals surface area (Å²) in [6.07, 6.45) is 0.356. The van der Waals surface area contributed by atoms with Gasteiger partial charge >= 0.3 is 5.97 Å². The van der Waals surface area contributed by atoms with Gasteiger partial charge in [-0.25, -0.2) is 4.79 Å². The number of benzene rings is 3. The topological polar surface area (TPSA) is 71.1 Å². The van der Waals surface area contributed by atoms with Gasteiger partial charge in [-0.05, 0) is 55.8 Å². The average Bonchev–Trinajstić information content (AvgIpc) is 2.90. The van der Waals surface area contributed by atoms with Gasteiger partial charge in [0.05, 0.1) is 24.8 Å². The highest BCUT2D eigenvalue weighted by atomic mass is 35.5. The highest BCUT2D eigenvalue weighted by Gasteiger charge is 2.21. The number of rotatable bonds is 14. The maximum absolute atomic E-state index is 12.5. The molecule has 1 unspecified atom stereocenters. The van der Waals surface area contributed by atoms with Crippen LogP contribution in [-0.2, 0) is 20.7 Å². The molecule has 0 spiro atoms. The molecular weight excluding hydrogens is 480 g/mol. The van der Waals surface area contributed by atoms with Crippen LogP contribution in [-0.4, -0.2) is 44.3 Å². The van der Waals surface area contributed by atoms with E-state index >= 15 is 0 Å². The Morgan fingerprint density at radius 1 is 0.833 bits per heavy atom. The molecule has 0 aliphatic heterocycles. The molecule has 3 rings (SSSR count). The number of esters is 1. The van der Waals surface area contributed by atoms with Gasteiger partial charge in [-0.15, -0.1) is 0 Å². The summed E-state index contributed by atoms with van der Waals surface area (Å²) >= 11 is 6.38. The Kier molecular flexibility index (Phi) is 10.8. The highest BCUT2D eigenvalue weighted by molar-refractivity contribution is 6.32. The number of halogens is 1. The fourth-order valence-electron chi connectivity index (χ4n) is 3.54. The van der Waals surface area contributed by atoms with E-state index in [0.29, 0.717) is 66.9 Å². The van der Waals surface area contributed by atoms with Gasteiger partial charge in [-0.2, -0.15) is 0 Å². The third-order valence-corrected chi connectivity index (χ3v) is 5.60. The van der Waals surface area contributed by atoms with Gasteiger partial charge in [0.15, 0.2) is 11.9 Å². The summed E-state index contributed by atoms with van der Waals surface area (Å²) in [5.41, 5.74) is 2.13. The summed E-state index contributed by atoms with van der Waals surface area (Å²) in [4.78, 5) is 24.6. The lowest BCUT2D eigenvalue weighted by Gasteiger charge is -2.16. The van der Waals surface area contributed by atoms with Crippen molar-refractivity contribution in [1.29, 1.82) is 0 Å². The minimum Gasteiger partial charge on any atom is -0.493 e. The van der Waals surface area contributed by atoms with Crippen molar-refractivity contribution < 1.29 is 28.5 Å². The molecule has 3 aromatic rings. The minimum absolute atomic E-state index is 0.0206. The van der Waals surface area contributed by atoms with E-state index in [1.165, 1.54) is 0 Å². The van der Waals surface area contributed by atoms with E-state index in [9.17, 15) is 9.59 Å². The lowest BCUT2D eigenvalue weighted by molar-refractivity contribution is -0.156. The second kappa shape index (κ2) is 14.3. The molecule has 0 radical (unpaired) electrons. The van der Waals surface area contributed by atoms with Crippen molar-refractivity contribution in [1.82, 2.24) is 0 Å². The van der Waals surface area contributed by atoms with Crippen molar-refractivity contribution in [3.63, 3.8) is 0 Å². The number of ketones is 1. The van der Waals surface area contributed by atoms with E-state index in [-0.39, 0.29) is 11.8 Å². The van der Waals surface area contributed by atoms with Crippen molar-refractivity contribution >= 4 is 23.4 Å². The first kappa shape index (κ1) is 27.2. The van der Waals surface area contributed by atoms with Gasteiger partial charge in [0.25, 0.3) is 0 Å². The first-order valence-corrected chi connectivity index (χ1v) is 12.4. The van der Waals surface area contributed by atoms with Gasteiger partial charge in [-0.1, -0.05) is 48.0 Å². The second-order valence-electron chi connectivity index (χ2n) is 7.93. The maximum atomic E-state index is 12.5. The van der Waals surface area contributed by atoms with E-state index in [2.05, 4.69) is 0 Å².